The van der Waals surface area contributed by atoms with E-state index < -0.39 is 18.0 Å². The monoisotopic (exact) mass is 392 g/mol. The number of H-pyrrole nitrogens is 1. The van der Waals surface area contributed by atoms with Crippen molar-refractivity contribution in [2.45, 2.75) is 73.0 Å². The van der Waals surface area contributed by atoms with Gasteiger partial charge in [-0.2, -0.15) is 0 Å². The van der Waals surface area contributed by atoms with Crippen molar-refractivity contribution in [3.8, 4) is 0 Å². The Bertz CT molecular complexity index is 739. The molecule has 4 atom stereocenters. The summed E-state index contributed by atoms with van der Waals surface area (Å²) in [6, 6.07) is 0.0993. The van der Waals surface area contributed by atoms with E-state index in [2.05, 4.69) is 24.1 Å². The molecule has 2 N–H and O–H groups in total. The maximum absolute atomic E-state index is 12.5. The number of aromatic amines is 1. The summed E-state index contributed by atoms with van der Waals surface area (Å²) in [6.07, 6.45) is 2.27. The van der Waals surface area contributed by atoms with Gasteiger partial charge in [0.05, 0.1) is 12.2 Å². The summed E-state index contributed by atoms with van der Waals surface area (Å²) in [4.78, 5) is 40.0. The number of aryl methyl sites for hydroxylation is 1. The minimum atomic E-state index is -0.925. The molecule has 1 heterocycles. The van der Waals surface area contributed by atoms with Gasteiger partial charge in [-0.3, -0.25) is 4.79 Å². The molecule has 0 aliphatic heterocycles. The number of esters is 2. The van der Waals surface area contributed by atoms with Crippen molar-refractivity contribution in [3.63, 3.8) is 0 Å². The molecule has 1 aliphatic carbocycles. The molecule has 28 heavy (non-hydrogen) atoms. The van der Waals surface area contributed by atoms with E-state index in [1.54, 1.807) is 27.7 Å². The van der Waals surface area contributed by atoms with Gasteiger partial charge in [-0.15, -0.1) is 0 Å². The smallest absolute Gasteiger partial charge is 0.355 e. The predicted molar refractivity (Wildman–Crippen MR) is 105 cm³/mol. The van der Waals surface area contributed by atoms with Crippen LogP contribution in [0.4, 0.5) is 0 Å². The Morgan fingerprint density at radius 1 is 1.18 bits per heavy atom. The maximum atomic E-state index is 12.5. The first-order chi connectivity index (χ1) is 13.2. The minimum absolute atomic E-state index is 0.0993. The number of hydrogen-bond donors (Lipinski definition) is 2. The van der Waals surface area contributed by atoms with Crippen molar-refractivity contribution in [1.29, 1.82) is 0 Å². The molecule has 1 fully saturated rings. The van der Waals surface area contributed by atoms with Crippen LogP contribution in [-0.4, -0.2) is 41.6 Å². The second kappa shape index (κ2) is 9.26. The average Bonchev–Trinajstić information content (AvgIpc) is 2.93. The first kappa shape index (κ1) is 22.0. The quantitative estimate of drug-likeness (QED) is 0.724. The molecular formula is C21H32N2O5. The van der Waals surface area contributed by atoms with Gasteiger partial charge in [0.25, 0.3) is 5.91 Å². The molecule has 0 unspecified atom stereocenters. The highest BCUT2D eigenvalue weighted by molar-refractivity contribution is 5.99. The fourth-order valence-electron chi connectivity index (χ4n) is 3.82. The van der Waals surface area contributed by atoms with Crippen molar-refractivity contribution in [3.05, 3.63) is 22.5 Å². The third kappa shape index (κ3) is 4.75. The van der Waals surface area contributed by atoms with E-state index in [9.17, 15) is 14.4 Å². The van der Waals surface area contributed by atoms with E-state index in [1.807, 2.05) is 0 Å². The molecule has 7 nitrogen and oxygen atoms in total. The zero-order valence-corrected chi connectivity index (χ0v) is 17.7. The van der Waals surface area contributed by atoms with Crippen molar-refractivity contribution in [2.75, 3.05) is 6.61 Å². The van der Waals surface area contributed by atoms with Crippen LogP contribution in [0.15, 0.2) is 0 Å². The predicted octanol–water partition coefficient (Wildman–Crippen LogP) is 3.29. The van der Waals surface area contributed by atoms with E-state index in [4.69, 9.17) is 9.47 Å². The highest BCUT2D eigenvalue weighted by atomic mass is 16.5. The van der Waals surface area contributed by atoms with Crippen LogP contribution in [0.1, 0.15) is 79.1 Å². The summed E-state index contributed by atoms with van der Waals surface area (Å²) in [5.41, 5.74) is 1.49. The molecule has 1 aromatic heterocycles. The Labute approximate surface area is 166 Å². The number of ether oxygens (including phenoxy) is 2. The van der Waals surface area contributed by atoms with Crippen LogP contribution < -0.4 is 5.32 Å². The number of carbonyl (C=O) groups excluding carboxylic acids is 3. The van der Waals surface area contributed by atoms with E-state index >= 15 is 0 Å². The molecule has 0 saturated heterocycles. The molecule has 7 heteroatoms. The van der Waals surface area contributed by atoms with Crippen LogP contribution in [0.2, 0.25) is 0 Å². The summed E-state index contributed by atoms with van der Waals surface area (Å²) in [5, 5.41) is 3.02. The van der Waals surface area contributed by atoms with Gasteiger partial charge < -0.3 is 19.8 Å². The number of rotatable bonds is 6. The van der Waals surface area contributed by atoms with E-state index in [-0.39, 0.29) is 24.2 Å². The lowest BCUT2D eigenvalue weighted by Gasteiger charge is -2.35. The lowest BCUT2D eigenvalue weighted by molar-refractivity contribution is -0.130. The Balaban J connectivity index is 2.03. The lowest BCUT2D eigenvalue weighted by Crippen LogP contribution is -2.47. The van der Waals surface area contributed by atoms with Crippen LogP contribution in [0.5, 0.6) is 0 Å². The lowest BCUT2D eigenvalue weighted by atomic mass is 9.78. The molecule has 1 saturated carbocycles. The van der Waals surface area contributed by atoms with Crippen molar-refractivity contribution in [2.24, 2.45) is 11.8 Å². The maximum Gasteiger partial charge on any atom is 0.355 e. The summed E-state index contributed by atoms with van der Waals surface area (Å²) in [7, 11) is 0. The first-order valence-electron chi connectivity index (χ1n) is 10.0. The van der Waals surface area contributed by atoms with Crippen LogP contribution in [-0.2, 0) is 14.3 Å². The molecule has 0 spiro atoms. The molecule has 0 radical (unpaired) electrons. The molecule has 2 rings (SSSR count). The minimum Gasteiger partial charge on any atom is -0.462 e. The standard InChI is InChI=1S/C21H32N2O5/c1-7-27-20(25)17-13(4)18(22-14(17)5)21(26)28-15(6)19(24)23-16-10-8-9-11(2)12(16)3/h11-12,15-16,22H,7-10H2,1-6H3,(H,23,24)/t11-,12-,15-,16-/m0/s1. The van der Waals surface area contributed by atoms with Crippen molar-refractivity contribution >= 4 is 17.8 Å². The van der Waals surface area contributed by atoms with Crippen LogP contribution >= 0.6 is 0 Å². The number of aromatic nitrogens is 1. The fourth-order valence-corrected chi connectivity index (χ4v) is 3.82. The fraction of sp³-hybridized carbons (Fsp3) is 0.667. The molecule has 156 valence electrons. The SMILES string of the molecule is CCOC(=O)c1c(C)[nH]c(C(=O)O[C@@H](C)C(=O)N[C@H]2CCC[C@H](C)[C@@H]2C)c1C. The van der Waals surface area contributed by atoms with Crippen molar-refractivity contribution < 1.29 is 23.9 Å². The van der Waals surface area contributed by atoms with Gasteiger partial charge >= 0.3 is 11.9 Å². The Hall–Kier alpha value is -2.31. The molecule has 0 aromatic carbocycles. The van der Waals surface area contributed by atoms with Crippen molar-refractivity contribution in [1.82, 2.24) is 10.3 Å². The second-order valence-corrected chi connectivity index (χ2v) is 7.78. The number of carbonyl (C=O) groups is 3. The first-order valence-corrected chi connectivity index (χ1v) is 10.0. The van der Waals surface area contributed by atoms with Gasteiger partial charge in [-0.25, -0.2) is 9.59 Å². The Morgan fingerprint density at radius 3 is 2.50 bits per heavy atom. The highest BCUT2D eigenvalue weighted by Crippen LogP contribution is 2.29. The molecular weight excluding hydrogens is 360 g/mol. The third-order valence-electron chi connectivity index (χ3n) is 5.81. The normalized spacial score (nSPS) is 23.0. The van der Waals surface area contributed by atoms with Gasteiger partial charge in [0.15, 0.2) is 6.10 Å². The van der Waals surface area contributed by atoms with Gasteiger partial charge in [0.2, 0.25) is 0 Å². The van der Waals surface area contributed by atoms with E-state index in [0.29, 0.717) is 28.7 Å². The summed E-state index contributed by atoms with van der Waals surface area (Å²) < 4.78 is 10.4. The van der Waals surface area contributed by atoms with E-state index in [0.717, 1.165) is 12.8 Å². The van der Waals surface area contributed by atoms with E-state index in [1.165, 1.54) is 6.42 Å². The second-order valence-electron chi connectivity index (χ2n) is 7.78. The third-order valence-corrected chi connectivity index (χ3v) is 5.81. The van der Waals surface area contributed by atoms with Gasteiger partial charge in [0, 0.05) is 11.7 Å². The van der Waals surface area contributed by atoms with Gasteiger partial charge in [-0.1, -0.05) is 26.7 Å². The topological polar surface area (TPSA) is 97.5 Å². The number of nitrogens with one attached hydrogen (secondary N) is 2. The van der Waals surface area contributed by atoms with Gasteiger partial charge in [0.1, 0.15) is 5.69 Å². The summed E-state index contributed by atoms with van der Waals surface area (Å²) in [5.74, 6) is -0.502. The van der Waals surface area contributed by atoms with Crippen LogP contribution in [0.3, 0.4) is 0 Å². The number of hydrogen-bond acceptors (Lipinski definition) is 5. The molecule has 0 bridgehead atoms. The molecule has 1 aliphatic rings. The van der Waals surface area contributed by atoms with Crippen LogP contribution in [0, 0.1) is 25.7 Å². The summed E-state index contributed by atoms with van der Waals surface area (Å²) >= 11 is 0. The zero-order valence-electron chi connectivity index (χ0n) is 17.7. The van der Waals surface area contributed by atoms with Gasteiger partial charge in [-0.05, 0) is 51.5 Å². The molecule has 1 amide bonds. The van der Waals surface area contributed by atoms with Crippen LogP contribution in [0.25, 0.3) is 0 Å². The Morgan fingerprint density at radius 2 is 1.86 bits per heavy atom. The average molecular weight is 392 g/mol. The molecule has 1 aromatic rings. The number of amides is 1. The zero-order chi connectivity index (χ0) is 21.0. The Kier molecular flexibility index (Phi) is 7.27. The largest absolute Gasteiger partial charge is 0.462 e. The summed E-state index contributed by atoms with van der Waals surface area (Å²) in [6.45, 7) is 11.2. The highest BCUT2D eigenvalue weighted by Gasteiger charge is 2.31.